The van der Waals surface area contributed by atoms with Crippen LogP contribution in [-0.2, 0) is 14.4 Å². The van der Waals surface area contributed by atoms with Gasteiger partial charge >= 0.3 is 5.97 Å². The van der Waals surface area contributed by atoms with Gasteiger partial charge in [0.2, 0.25) is 0 Å². The minimum atomic E-state index is -0.227. The molecule has 0 amide bonds. The molecule has 1 aromatic carbocycles. The average molecular weight is 488 g/mol. The molecule has 1 aromatic rings. The van der Waals surface area contributed by atoms with Crippen LogP contribution in [0.15, 0.2) is 30.3 Å². The van der Waals surface area contributed by atoms with E-state index in [9.17, 15) is 4.79 Å². The normalized spacial score (nSPS) is 28.1. The van der Waals surface area contributed by atoms with Crippen LogP contribution < -0.4 is 0 Å². The van der Waals surface area contributed by atoms with Gasteiger partial charge in [-0.3, -0.25) is 9.63 Å². The number of hydrogen-bond acceptors (Lipinski definition) is 4. The maximum Gasteiger partial charge on any atom is 0.306 e. The zero-order chi connectivity index (χ0) is 25.9. The van der Waals surface area contributed by atoms with Crippen LogP contribution in [0.2, 0.25) is 0 Å². The van der Waals surface area contributed by atoms with Crippen molar-refractivity contribution in [1.82, 2.24) is 5.06 Å². The van der Waals surface area contributed by atoms with E-state index in [1.807, 2.05) is 6.07 Å². The first-order valence-electron chi connectivity index (χ1n) is 14.4. The SMILES string of the molecule is CCCCCCCCCCC(=O)OC1CC(C)(CC)N(OC(C)c2ccccc2)C(C)(CC)C1C. The van der Waals surface area contributed by atoms with Crippen molar-refractivity contribution in [2.24, 2.45) is 5.92 Å². The highest BCUT2D eigenvalue weighted by atomic mass is 16.7. The van der Waals surface area contributed by atoms with E-state index < -0.39 is 0 Å². The Balaban J connectivity index is 1.99. The molecular weight excluding hydrogens is 434 g/mol. The molecule has 0 bridgehead atoms. The molecule has 0 saturated carbocycles. The molecule has 1 heterocycles. The predicted octanol–water partition coefficient (Wildman–Crippen LogP) is 8.80. The second-order valence-corrected chi connectivity index (χ2v) is 11.3. The summed E-state index contributed by atoms with van der Waals surface area (Å²) in [6, 6.07) is 10.4. The van der Waals surface area contributed by atoms with Crippen LogP contribution in [-0.4, -0.2) is 28.2 Å². The highest BCUT2D eigenvalue weighted by molar-refractivity contribution is 5.69. The summed E-state index contributed by atoms with van der Waals surface area (Å²) in [6.45, 7) is 15.6. The average Bonchev–Trinajstić information content (AvgIpc) is 2.87. The lowest BCUT2D eigenvalue weighted by Crippen LogP contribution is -2.68. The molecule has 200 valence electrons. The highest BCUT2D eigenvalue weighted by Gasteiger charge is 2.55. The number of carbonyl (C=O) groups is 1. The third-order valence-corrected chi connectivity index (χ3v) is 8.66. The third kappa shape index (κ3) is 8.05. The molecule has 0 aliphatic carbocycles. The topological polar surface area (TPSA) is 38.8 Å². The number of esters is 1. The minimum absolute atomic E-state index is 0.0308. The molecule has 35 heavy (non-hydrogen) atoms. The molecule has 2 rings (SSSR count). The van der Waals surface area contributed by atoms with Gasteiger partial charge in [-0.25, -0.2) is 0 Å². The zero-order valence-corrected chi connectivity index (χ0v) is 23.8. The first kappa shape index (κ1) is 29.8. The Bertz CT molecular complexity index is 738. The van der Waals surface area contributed by atoms with Gasteiger partial charge in [0.1, 0.15) is 12.2 Å². The molecule has 0 aromatic heterocycles. The van der Waals surface area contributed by atoms with Crippen molar-refractivity contribution in [2.45, 2.75) is 149 Å². The Labute approximate surface area is 216 Å². The molecule has 1 fully saturated rings. The molecule has 1 saturated heterocycles. The number of nitrogens with zero attached hydrogens (tertiary/aromatic N) is 1. The van der Waals surface area contributed by atoms with Crippen molar-refractivity contribution in [2.75, 3.05) is 0 Å². The lowest BCUT2D eigenvalue weighted by atomic mass is 9.69. The van der Waals surface area contributed by atoms with E-state index in [-0.39, 0.29) is 35.2 Å². The maximum absolute atomic E-state index is 12.8. The van der Waals surface area contributed by atoms with Gasteiger partial charge in [-0.05, 0) is 45.6 Å². The predicted molar refractivity (Wildman–Crippen MR) is 146 cm³/mol. The second-order valence-electron chi connectivity index (χ2n) is 11.3. The minimum Gasteiger partial charge on any atom is -0.462 e. The molecule has 4 nitrogen and oxygen atoms in total. The lowest BCUT2D eigenvalue weighted by molar-refractivity contribution is -0.336. The molecule has 5 unspecified atom stereocenters. The van der Waals surface area contributed by atoms with Crippen LogP contribution in [0.3, 0.4) is 0 Å². The van der Waals surface area contributed by atoms with E-state index >= 15 is 0 Å². The Hall–Kier alpha value is -1.39. The number of carbonyl (C=O) groups excluding carboxylic acids is 1. The number of rotatable bonds is 15. The van der Waals surface area contributed by atoms with E-state index in [2.05, 4.69) is 77.8 Å². The quantitative estimate of drug-likeness (QED) is 0.183. The lowest BCUT2D eigenvalue weighted by Gasteiger charge is -2.59. The molecular formula is C31H53NO3. The van der Waals surface area contributed by atoms with Gasteiger partial charge in [0, 0.05) is 29.8 Å². The number of hydrogen-bond donors (Lipinski definition) is 0. The smallest absolute Gasteiger partial charge is 0.306 e. The summed E-state index contributed by atoms with van der Waals surface area (Å²) in [4.78, 5) is 19.5. The van der Waals surface area contributed by atoms with E-state index in [1.54, 1.807) is 0 Å². The number of ether oxygens (including phenoxy) is 1. The van der Waals surface area contributed by atoms with Gasteiger partial charge in [-0.2, -0.15) is 5.06 Å². The Morgan fingerprint density at radius 1 is 0.971 bits per heavy atom. The van der Waals surface area contributed by atoms with Crippen molar-refractivity contribution in [3.8, 4) is 0 Å². The van der Waals surface area contributed by atoms with Crippen molar-refractivity contribution < 1.29 is 14.4 Å². The molecule has 4 heteroatoms. The number of benzene rings is 1. The molecule has 1 aliphatic heterocycles. The Morgan fingerprint density at radius 3 is 2.14 bits per heavy atom. The molecule has 0 spiro atoms. The van der Waals surface area contributed by atoms with Gasteiger partial charge < -0.3 is 4.74 Å². The van der Waals surface area contributed by atoms with Gasteiger partial charge in [0.05, 0.1) is 0 Å². The van der Waals surface area contributed by atoms with Crippen LogP contribution in [0, 0.1) is 5.92 Å². The molecule has 1 aliphatic rings. The van der Waals surface area contributed by atoms with Crippen LogP contribution in [0.1, 0.15) is 137 Å². The first-order valence-corrected chi connectivity index (χ1v) is 14.4. The maximum atomic E-state index is 12.8. The summed E-state index contributed by atoms with van der Waals surface area (Å²) < 4.78 is 6.17. The third-order valence-electron chi connectivity index (χ3n) is 8.66. The van der Waals surface area contributed by atoms with Crippen LogP contribution >= 0.6 is 0 Å². The van der Waals surface area contributed by atoms with E-state index in [0.29, 0.717) is 6.42 Å². The van der Waals surface area contributed by atoms with Gasteiger partial charge in [-0.15, -0.1) is 0 Å². The van der Waals surface area contributed by atoms with Gasteiger partial charge in [0.25, 0.3) is 0 Å². The van der Waals surface area contributed by atoms with Crippen molar-refractivity contribution >= 4 is 5.97 Å². The number of piperidine rings is 1. The monoisotopic (exact) mass is 487 g/mol. The summed E-state index contributed by atoms with van der Waals surface area (Å²) in [7, 11) is 0. The van der Waals surface area contributed by atoms with Gasteiger partial charge in [0.15, 0.2) is 0 Å². The fraction of sp³-hybridized carbons (Fsp3) is 0.774. The molecule has 0 N–H and O–H groups in total. The summed E-state index contributed by atoms with van der Waals surface area (Å²) >= 11 is 0. The van der Waals surface area contributed by atoms with E-state index in [4.69, 9.17) is 9.57 Å². The summed E-state index contributed by atoms with van der Waals surface area (Å²) in [5, 5.41) is 2.27. The summed E-state index contributed by atoms with van der Waals surface area (Å²) in [5.41, 5.74) is 0.746. The van der Waals surface area contributed by atoms with Gasteiger partial charge in [-0.1, -0.05) is 103 Å². The Kier molecular flexibility index (Phi) is 12.3. The van der Waals surface area contributed by atoms with Crippen molar-refractivity contribution in [1.29, 1.82) is 0 Å². The largest absolute Gasteiger partial charge is 0.462 e. The van der Waals surface area contributed by atoms with Crippen molar-refractivity contribution in [3.63, 3.8) is 0 Å². The highest BCUT2D eigenvalue weighted by Crippen LogP contribution is 2.48. The molecule has 0 radical (unpaired) electrons. The number of unbranched alkanes of at least 4 members (excludes halogenated alkanes) is 7. The summed E-state index contributed by atoms with van der Waals surface area (Å²) in [5.74, 6) is 0.148. The standard InChI is InChI=1S/C31H53NO3/c1-8-11-12-13-14-15-16-20-23-29(33)34-28-24-30(6,9-2)32(31(7,10-3)25(28)4)35-26(5)27-21-18-17-19-22-27/h17-19,21-22,25-26,28H,8-16,20,23-24H2,1-7H3. The fourth-order valence-corrected chi connectivity index (χ4v) is 5.61. The van der Waals surface area contributed by atoms with Crippen LogP contribution in [0.4, 0.5) is 0 Å². The van der Waals surface area contributed by atoms with Crippen LogP contribution in [0.25, 0.3) is 0 Å². The zero-order valence-electron chi connectivity index (χ0n) is 23.8. The van der Waals surface area contributed by atoms with E-state index in [0.717, 1.165) is 32.1 Å². The fourth-order valence-electron chi connectivity index (χ4n) is 5.61. The van der Waals surface area contributed by atoms with Crippen LogP contribution in [0.5, 0.6) is 0 Å². The summed E-state index contributed by atoms with van der Waals surface area (Å²) in [6.07, 6.45) is 12.9. The van der Waals surface area contributed by atoms with Crippen molar-refractivity contribution in [3.05, 3.63) is 35.9 Å². The van der Waals surface area contributed by atoms with E-state index in [1.165, 1.54) is 44.1 Å². The molecule has 5 atom stereocenters. The second kappa shape index (κ2) is 14.4. The Morgan fingerprint density at radius 2 is 1.57 bits per heavy atom. The number of hydroxylamine groups is 2. The first-order chi connectivity index (χ1) is 16.7.